The van der Waals surface area contributed by atoms with Gasteiger partial charge in [-0.3, -0.25) is 0 Å². The molecule has 2 aromatic rings. The highest BCUT2D eigenvalue weighted by Gasteiger charge is 2.08. The Kier molecular flexibility index (Phi) is 4.93. The first-order valence-corrected chi connectivity index (χ1v) is 8.59. The summed E-state index contributed by atoms with van der Waals surface area (Å²) in [6.45, 7) is 1.33. The van der Waals surface area contributed by atoms with E-state index in [1.165, 1.54) is 0 Å². The Morgan fingerprint density at radius 3 is 2.73 bits per heavy atom. The van der Waals surface area contributed by atoms with Crippen molar-refractivity contribution >= 4 is 22.9 Å². The van der Waals surface area contributed by atoms with E-state index in [0.29, 0.717) is 6.54 Å². The highest BCUT2D eigenvalue weighted by atomic mass is 35.5. The molecule has 1 aliphatic rings. The summed E-state index contributed by atoms with van der Waals surface area (Å²) in [6, 6.07) is 7.87. The quantitative estimate of drug-likeness (QED) is 0.905. The Hall–Kier alpha value is -1.62. The van der Waals surface area contributed by atoms with Gasteiger partial charge in [-0.2, -0.15) is 0 Å². The summed E-state index contributed by atoms with van der Waals surface area (Å²) < 4.78 is 2.18. The van der Waals surface area contributed by atoms with Gasteiger partial charge in [0.1, 0.15) is 0 Å². The second-order valence-corrected chi connectivity index (χ2v) is 6.34. The molecular formula is C17H18ClN3S. The maximum Gasteiger partial charge on any atom is 0.190 e. The number of nitrogens with zero attached hydrogens (tertiary/aromatic N) is 2. The number of allylic oxidation sites excluding steroid dienone is 3. The molecule has 0 fully saturated rings. The molecular weight excluding hydrogens is 314 g/mol. The fraction of sp³-hybridized carbons (Fsp3) is 0.235. The number of thiazole rings is 1. The van der Waals surface area contributed by atoms with Crippen molar-refractivity contribution < 1.29 is 0 Å². The molecule has 0 saturated heterocycles. The predicted octanol–water partition coefficient (Wildman–Crippen LogP) is 3.96. The van der Waals surface area contributed by atoms with Gasteiger partial charge in [-0.1, -0.05) is 35.9 Å². The number of nitrogens with two attached hydrogens (primary N) is 1. The normalized spacial score (nSPS) is 15.2. The van der Waals surface area contributed by atoms with Gasteiger partial charge < -0.3 is 10.3 Å². The summed E-state index contributed by atoms with van der Waals surface area (Å²) in [4.78, 5) is 5.75. The van der Waals surface area contributed by atoms with Gasteiger partial charge in [0.15, 0.2) is 4.80 Å². The number of benzene rings is 1. The lowest BCUT2D eigenvalue weighted by Gasteiger charge is -2.08. The van der Waals surface area contributed by atoms with E-state index in [1.54, 1.807) is 11.3 Å². The standard InChI is InChI=1S/C17H18ClN3S/c18-14-8-6-13(7-9-14)16-12-22-17(21(16)11-10-19)20-15-4-2-1-3-5-15/h2,4-9,12H,1,3,10-11,19H2. The van der Waals surface area contributed by atoms with Crippen LogP contribution in [0, 0.1) is 0 Å². The van der Waals surface area contributed by atoms with Crippen LogP contribution < -0.4 is 10.5 Å². The van der Waals surface area contributed by atoms with Crippen molar-refractivity contribution in [3.63, 3.8) is 0 Å². The Labute approximate surface area is 139 Å². The molecule has 0 saturated carbocycles. The number of hydrogen-bond acceptors (Lipinski definition) is 3. The molecule has 1 aromatic heterocycles. The Morgan fingerprint density at radius 1 is 1.23 bits per heavy atom. The fourth-order valence-corrected chi connectivity index (χ4v) is 3.49. The highest BCUT2D eigenvalue weighted by Crippen LogP contribution is 2.22. The largest absolute Gasteiger partial charge is 0.329 e. The Bertz CT molecular complexity index is 766. The molecule has 0 radical (unpaired) electrons. The zero-order chi connectivity index (χ0) is 15.4. The molecule has 0 bridgehead atoms. The topological polar surface area (TPSA) is 43.3 Å². The van der Waals surface area contributed by atoms with Crippen LogP contribution in [0.5, 0.6) is 0 Å². The highest BCUT2D eigenvalue weighted by molar-refractivity contribution is 7.07. The molecule has 3 rings (SSSR count). The summed E-state index contributed by atoms with van der Waals surface area (Å²) >= 11 is 7.62. The Morgan fingerprint density at radius 2 is 2.05 bits per heavy atom. The SMILES string of the molecule is NCCn1c(-c2ccc(Cl)cc2)csc1=NC1=CCCC=C1. The summed E-state index contributed by atoms with van der Waals surface area (Å²) in [7, 11) is 0. The zero-order valence-electron chi connectivity index (χ0n) is 12.2. The summed E-state index contributed by atoms with van der Waals surface area (Å²) in [6.07, 6.45) is 8.58. The van der Waals surface area contributed by atoms with Crippen molar-refractivity contribution in [2.75, 3.05) is 6.54 Å². The van der Waals surface area contributed by atoms with Crippen molar-refractivity contribution in [1.82, 2.24) is 4.57 Å². The molecule has 5 heteroatoms. The molecule has 1 aromatic carbocycles. The molecule has 114 valence electrons. The molecule has 3 nitrogen and oxygen atoms in total. The van der Waals surface area contributed by atoms with Gasteiger partial charge in [0.2, 0.25) is 0 Å². The van der Waals surface area contributed by atoms with E-state index in [1.807, 2.05) is 24.3 Å². The second-order valence-electron chi connectivity index (χ2n) is 5.07. The first-order chi connectivity index (χ1) is 10.8. The molecule has 0 spiro atoms. The number of rotatable bonds is 4. The zero-order valence-corrected chi connectivity index (χ0v) is 13.8. The monoisotopic (exact) mass is 331 g/mol. The molecule has 0 aliphatic heterocycles. The van der Waals surface area contributed by atoms with Gasteiger partial charge in [-0.05, 0) is 36.6 Å². The summed E-state index contributed by atoms with van der Waals surface area (Å²) in [5.41, 5.74) is 9.07. The van der Waals surface area contributed by atoms with Crippen LogP contribution in [-0.4, -0.2) is 11.1 Å². The Balaban J connectivity index is 2.05. The molecule has 0 unspecified atom stereocenters. The van der Waals surface area contributed by atoms with Crippen molar-refractivity contribution in [1.29, 1.82) is 0 Å². The lowest BCUT2D eigenvalue weighted by Crippen LogP contribution is -2.21. The third-order valence-electron chi connectivity index (χ3n) is 3.49. The summed E-state index contributed by atoms with van der Waals surface area (Å²) in [5.74, 6) is 0. The van der Waals surface area contributed by atoms with Crippen molar-refractivity contribution in [2.24, 2.45) is 10.7 Å². The maximum absolute atomic E-state index is 5.98. The van der Waals surface area contributed by atoms with Gasteiger partial charge >= 0.3 is 0 Å². The van der Waals surface area contributed by atoms with E-state index in [4.69, 9.17) is 22.3 Å². The van der Waals surface area contributed by atoms with Crippen LogP contribution in [0.15, 0.2) is 58.6 Å². The number of halogens is 1. The van der Waals surface area contributed by atoms with E-state index in [0.717, 1.165) is 46.2 Å². The molecule has 2 N–H and O–H groups in total. The molecule has 0 amide bonds. The average molecular weight is 332 g/mol. The molecule has 1 heterocycles. The minimum atomic E-state index is 0.583. The third-order valence-corrected chi connectivity index (χ3v) is 4.61. The number of aromatic nitrogens is 1. The van der Waals surface area contributed by atoms with E-state index in [9.17, 15) is 0 Å². The first-order valence-electron chi connectivity index (χ1n) is 7.33. The van der Waals surface area contributed by atoms with E-state index < -0.39 is 0 Å². The van der Waals surface area contributed by atoms with Crippen molar-refractivity contribution in [2.45, 2.75) is 19.4 Å². The molecule has 0 atom stereocenters. The van der Waals surface area contributed by atoms with Crippen LogP contribution in [0.1, 0.15) is 12.8 Å². The van der Waals surface area contributed by atoms with Gasteiger partial charge in [-0.15, -0.1) is 11.3 Å². The first kappa shape index (κ1) is 15.3. The smallest absolute Gasteiger partial charge is 0.190 e. The maximum atomic E-state index is 5.98. The van der Waals surface area contributed by atoms with Crippen LogP contribution in [0.3, 0.4) is 0 Å². The van der Waals surface area contributed by atoms with Gasteiger partial charge in [0.05, 0.1) is 11.4 Å². The van der Waals surface area contributed by atoms with Gasteiger partial charge in [0.25, 0.3) is 0 Å². The van der Waals surface area contributed by atoms with Gasteiger partial charge in [0, 0.05) is 23.5 Å². The van der Waals surface area contributed by atoms with Crippen LogP contribution >= 0.6 is 22.9 Å². The van der Waals surface area contributed by atoms with E-state index >= 15 is 0 Å². The van der Waals surface area contributed by atoms with Crippen molar-refractivity contribution in [3.05, 3.63) is 63.4 Å². The van der Waals surface area contributed by atoms with Crippen LogP contribution in [0.25, 0.3) is 11.3 Å². The third kappa shape index (κ3) is 3.40. The van der Waals surface area contributed by atoms with E-state index in [-0.39, 0.29) is 0 Å². The predicted molar refractivity (Wildman–Crippen MR) is 93.8 cm³/mol. The second kappa shape index (κ2) is 7.09. The van der Waals surface area contributed by atoms with E-state index in [2.05, 4.69) is 28.2 Å². The average Bonchev–Trinajstić information content (AvgIpc) is 2.92. The fourth-order valence-electron chi connectivity index (χ4n) is 2.41. The van der Waals surface area contributed by atoms with Crippen LogP contribution in [0.4, 0.5) is 0 Å². The van der Waals surface area contributed by atoms with Gasteiger partial charge in [-0.25, -0.2) is 4.99 Å². The van der Waals surface area contributed by atoms with Crippen LogP contribution in [-0.2, 0) is 6.54 Å². The lowest BCUT2D eigenvalue weighted by molar-refractivity contribution is 0.693. The number of hydrogen-bond donors (Lipinski definition) is 1. The van der Waals surface area contributed by atoms with Crippen LogP contribution in [0.2, 0.25) is 5.02 Å². The minimum absolute atomic E-state index is 0.583. The minimum Gasteiger partial charge on any atom is -0.329 e. The lowest BCUT2D eigenvalue weighted by atomic mass is 10.1. The summed E-state index contributed by atoms with van der Waals surface area (Å²) in [5, 5.41) is 2.87. The molecule has 1 aliphatic carbocycles. The van der Waals surface area contributed by atoms with Crippen molar-refractivity contribution in [3.8, 4) is 11.3 Å². The molecule has 22 heavy (non-hydrogen) atoms.